The first-order valence-corrected chi connectivity index (χ1v) is 10.8. The van der Waals surface area contributed by atoms with Gasteiger partial charge in [0.05, 0.1) is 37.6 Å². The molecule has 0 bridgehead atoms. The van der Waals surface area contributed by atoms with E-state index in [1.54, 1.807) is 13.3 Å². The van der Waals surface area contributed by atoms with Gasteiger partial charge in [-0.3, -0.25) is 9.48 Å². The van der Waals surface area contributed by atoms with E-state index in [1.165, 1.54) is 11.1 Å². The molecule has 31 heavy (non-hydrogen) atoms. The number of hydrogen-bond acceptors (Lipinski definition) is 4. The van der Waals surface area contributed by atoms with E-state index in [-0.39, 0.29) is 11.5 Å². The van der Waals surface area contributed by atoms with Gasteiger partial charge in [-0.2, -0.15) is 5.10 Å². The van der Waals surface area contributed by atoms with E-state index in [9.17, 15) is 4.79 Å². The van der Waals surface area contributed by atoms with Crippen molar-refractivity contribution in [3.8, 4) is 5.75 Å². The number of hydrogen-bond donors (Lipinski definition) is 0. The van der Waals surface area contributed by atoms with Gasteiger partial charge in [-0.05, 0) is 48.1 Å². The number of methoxy groups -OCH3 is 1. The number of fused-ring (bicyclic) bond motifs is 2. The van der Waals surface area contributed by atoms with Gasteiger partial charge in [0.2, 0.25) is 0 Å². The largest absolute Gasteiger partial charge is 0.497 e. The molecule has 5 rings (SSSR count). The van der Waals surface area contributed by atoms with Gasteiger partial charge in [-0.1, -0.05) is 36.4 Å². The van der Waals surface area contributed by atoms with Crippen LogP contribution < -0.4 is 4.74 Å². The Morgan fingerprint density at radius 2 is 1.97 bits per heavy atom. The van der Waals surface area contributed by atoms with Crippen LogP contribution >= 0.6 is 0 Å². The number of aromatic nitrogens is 2. The van der Waals surface area contributed by atoms with E-state index in [4.69, 9.17) is 9.47 Å². The highest BCUT2D eigenvalue weighted by atomic mass is 16.5. The quantitative estimate of drug-likeness (QED) is 0.650. The maximum Gasteiger partial charge on any atom is 0.257 e. The van der Waals surface area contributed by atoms with Crippen LogP contribution in [-0.4, -0.2) is 47.4 Å². The Kier molecular flexibility index (Phi) is 5.24. The molecule has 0 unspecified atom stereocenters. The molecule has 6 nitrogen and oxygen atoms in total. The number of carbonyl (C=O) groups is 1. The Labute approximate surface area is 182 Å². The predicted molar refractivity (Wildman–Crippen MR) is 117 cm³/mol. The van der Waals surface area contributed by atoms with Crippen LogP contribution in [0.1, 0.15) is 39.9 Å². The zero-order chi connectivity index (χ0) is 21.3. The topological polar surface area (TPSA) is 56.6 Å². The molecule has 0 aliphatic carbocycles. The minimum Gasteiger partial charge on any atom is -0.497 e. The number of ether oxygens (including phenoxy) is 2. The van der Waals surface area contributed by atoms with E-state index in [1.807, 2.05) is 40.0 Å². The summed E-state index contributed by atoms with van der Waals surface area (Å²) in [5, 5.41) is 4.39. The Morgan fingerprint density at radius 3 is 2.74 bits per heavy atom. The number of piperidine rings is 1. The van der Waals surface area contributed by atoms with E-state index in [2.05, 4.69) is 29.4 Å². The fraction of sp³-hybridized carbons (Fsp3) is 0.360. The van der Waals surface area contributed by atoms with Crippen molar-refractivity contribution in [1.29, 1.82) is 0 Å². The molecule has 1 fully saturated rings. The summed E-state index contributed by atoms with van der Waals surface area (Å²) in [6.45, 7) is 2.72. The van der Waals surface area contributed by atoms with Crippen molar-refractivity contribution in [3.05, 3.63) is 83.2 Å². The lowest BCUT2D eigenvalue weighted by Crippen LogP contribution is -2.48. The fourth-order valence-corrected chi connectivity index (χ4v) is 4.78. The summed E-state index contributed by atoms with van der Waals surface area (Å²) >= 11 is 0. The smallest absolute Gasteiger partial charge is 0.257 e. The zero-order valence-electron chi connectivity index (χ0n) is 17.8. The third-order valence-corrected chi connectivity index (χ3v) is 6.48. The molecule has 0 atom stereocenters. The van der Waals surface area contributed by atoms with Crippen LogP contribution in [0.2, 0.25) is 0 Å². The van der Waals surface area contributed by atoms with Gasteiger partial charge < -0.3 is 14.4 Å². The normalized spacial score (nSPS) is 17.4. The fourth-order valence-electron chi connectivity index (χ4n) is 4.78. The van der Waals surface area contributed by atoms with Crippen molar-refractivity contribution in [1.82, 2.24) is 14.7 Å². The van der Waals surface area contributed by atoms with Crippen LogP contribution in [0.3, 0.4) is 0 Å². The molecule has 1 aromatic heterocycles. The number of carbonyl (C=O) groups excluding carboxylic acids is 1. The monoisotopic (exact) mass is 417 g/mol. The van der Waals surface area contributed by atoms with Crippen molar-refractivity contribution in [3.63, 3.8) is 0 Å². The standard InChI is InChI=1S/C25H27N3O3/c1-30-22-7-8-23-20(15-22)9-14-31-25(23)10-12-27(13-11-25)24(29)21-16-26-28(18-21)17-19-5-3-2-4-6-19/h2-8,15-16,18H,9-14,17H2,1H3. The summed E-state index contributed by atoms with van der Waals surface area (Å²) in [5.41, 5.74) is 4.06. The highest BCUT2D eigenvalue weighted by Crippen LogP contribution is 2.42. The molecule has 0 radical (unpaired) electrons. The van der Waals surface area contributed by atoms with Crippen LogP contribution in [0.5, 0.6) is 5.75 Å². The second-order valence-corrected chi connectivity index (χ2v) is 8.32. The summed E-state index contributed by atoms with van der Waals surface area (Å²) in [4.78, 5) is 15.0. The van der Waals surface area contributed by atoms with Crippen molar-refractivity contribution < 1.29 is 14.3 Å². The summed E-state index contributed by atoms with van der Waals surface area (Å²) in [5.74, 6) is 0.927. The first-order valence-electron chi connectivity index (χ1n) is 10.8. The van der Waals surface area contributed by atoms with Gasteiger partial charge in [-0.25, -0.2) is 0 Å². The Bertz CT molecular complexity index is 1070. The van der Waals surface area contributed by atoms with Crippen molar-refractivity contribution in [2.75, 3.05) is 26.8 Å². The van der Waals surface area contributed by atoms with E-state index in [0.717, 1.165) is 30.6 Å². The van der Waals surface area contributed by atoms with E-state index in [0.29, 0.717) is 31.8 Å². The number of benzene rings is 2. The molecular formula is C25H27N3O3. The summed E-state index contributed by atoms with van der Waals surface area (Å²) in [7, 11) is 1.70. The predicted octanol–water partition coefficient (Wildman–Crippen LogP) is 3.64. The van der Waals surface area contributed by atoms with Crippen LogP contribution in [0.25, 0.3) is 0 Å². The third-order valence-electron chi connectivity index (χ3n) is 6.48. The summed E-state index contributed by atoms with van der Waals surface area (Å²) < 4.78 is 13.5. The lowest BCUT2D eigenvalue weighted by atomic mass is 9.79. The first-order chi connectivity index (χ1) is 15.2. The summed E-state index contributed by atoms with van der Waals surface area (Å²) in [6, 6.07) is 16.4. The molecule has 3 aromatic rings. The molecule has 2 aromatic carbocycles. The van der Waals surface area contributed by atoms with Gasteiger partial charge in [0.1, 0.15) is 5.75 Å². The van der Waals surface area contributed by atoms with E-state index < -0.39 is 0 Å². The molecule has 0 saturated carbocycles. The molecule has 2 aliphatic rings. The van der Waals surface area contributed by atoms with Crippen molar-refractivity contribution in [2.24, 2.45) is 0 Å². The second-order valence-electron chi connectivity index (χ2n) is 8.32. The van der Waals surface area contributed by atoms with Crippen LogP contribution in [-0.2, 0) is 23.3 Å². The zero-order valence-corrected chi connectivity index (χ0v) is 17.8. The molecule has 2 aliphatic heterocycles. The maximum atomic E-state index is 13.1. The van der Waals surface area contributed by atoms with Crippen LogP contribution in [0, 0.1) is 0 Å². The average Bonchev–Trinajstić information content (AvgIpc) is 3.28. The molecule has 1 amide bonds. The first kappa shape index (κ1) is 19.8. The van der Waals surface area contributed by atoms with Crippen molar-refractivity contribution in [2.45, 2.75) is 31.4 Å². The van der Waals surface area contributed by atoms with E-state index >= 15 is 0 Å². The second kappa shape index (κ2) is 8.19. The third kappa shape index (κ3) is 3.83. The maximum absolute atomic E-state index is 13.1. The van der Waals surface area contributed by atoms with Crippen LogP contribution in [0.15, 0.2) is 60.9 Å². The number of rotatable bonds is 4. The van der Waals surface area contributed by atoms with Gasteiger partial charge in [0.15, 0.2) is 0 Å². The Hall–Kier alpha value is -3.12. The van der Waals surface area contributed by atoms with Gasteiger partial charge >= 0.3 is 0 Å². The minimum atomic E-state index is -0.297. The number of nitrogens with zero attached hydrogens (tertiary/aromatic N) is 3. The molecule has 160 valence electrons. The lowest BCUT2D eigenvalue weighted by molar-refractivity contribution is -0.0935. The SMILES string of the molecule is COc1ccc2c(c1)CCOC21CCN(C(=O)c2cnn(Cc3ccccc3)c2)CC1. The number of likely N-dealkylation sites (tertiary alicyclic amines) is 1. The lowest BCUT2D eigenvalue weighted by Gasteiger charge is -2.45. The molecule has 6 heteroatoms. The average molecular weight is 418 g/mol. The Morgan fingerprint density at radius 1 is 1.16 bits per heavy atom. The molecule has 1 saturated heterocycles. The molecular weight excluding hydrogens is 390 g/mol. The molecule has 0 N–H and O–H groups in total. The van der Waals surface area contributed by atoms with Gasteiger partial charge in [-0.15, -0.1) is 0 Å². The van der Waals surface area contributed by atoms with Gasteiger partial charge in [0.25, 0.3) is 5.91 Å². The number of amides is 1. The molecule has 3 heterocycles. The van der Waals surface area contributed by atoms with Crippen molar-refractivity contribution >= 4 is 5.91 Å². The highest BCUT2D eigenvalue weighted by Gasteiger charge is 2.42. The van der Waals surface area contributed by atoms with Gasteiger partial charge in [0, 0.05) is 19.3 Å². The minimum absolute atomic E-state index is 0.0416. The summed E-state index contributed by atoms with van der Waals surface area (Å²) in [6.07, 6.45) is 6.02. The molecule has 1 spiro atoms. The Balaban J connectivity index is 1.27. The van der Waals surface area contributed by atoms with Crippen LogP contribution in [0.4, 0.5) is 0 Å². The highest BCUT2D eigenvalue weighted by molar-refractivity contribution is 5.93.